The largest absolute Gasteiger partial charge is 0.481 e. The van der Waals surface area contributed by atoms with Gasteiger partial charge in [-0.1, -0.05) is 5.16 Å². The quantitative estimate of drug-likeness (QED) is 0.726. The van der Waals surface area contributed by atoms with Gasteiger partial charge >= 0.3 is 0 Å². The molecule has 0 atom stereocenters. The molecule has 0 radical (unpaired) electrons. The summed E-state index contributed by atoms with van der Waals surface area (Å²) in [5, 5.41) is 3.91. The van der Waals surface area contributed by atoms with Gasteiger partial charge in [0, 0.05) is 21.8 Å². The van der Waals surface area contributed by atoms with E-state index in [9.17, 15) is 0 Å². The van der Waals surface area contributed by atoms with Gasteiger partial charge in [0.25, 0.3) is 5.89 Å². The number of methoxy groups -OCH3 is 1. The van der Waals surface area contributed by atoms with Gasteiger partial charge in [-0.05, 0) is 34.1 Å². The first kappa shape index (κ1) is 13.5. The maximum Gasteiger partial charge on any atom is 0.258 e. The van der Waals surface area contributed by atoms with Gasteiger partial charge in [-0.25, -0.2) is 9.97 Å². The van der Waals surface area contributed by atoms with E-state index in [1.54, 1.807) is 12.1 Å². The number of hydrogen-bond donors (Lipinski definition) is 1. The minimum Gasteiger partial charge on any atom is -0.481 e. The molecule has 0 aliphatic carbocycles. The summed E-state index contributed by atoms with van der Waals surface area (Å²) in [6, 6.07) is 7.03. The van der Waals surface area contributed by atoms with Crippen molar-refractivity contribution in [3.05, 3.63) is 35.1 Å². The van der Waals surface area contributed by atoms with E-state index in [1.807, 2.05) is 12.1 Å². The Labute approximate surface area is 128 Å². The van der Waals surface area contributed by atoms with E-state index in [4.69, 9.17) is 15.0 Å². The van der Waals surface area contributed by atoms with Crippen molar-refractivity contribution < 1.29 is 9.26 Å². The van der Waals surface area contributed by atoms with E-state index in [0.29, 0.717) is 29.0 Å². The van der Waals surface area contributed by atoms with Crippen LogP contribution in [-0.4, -0.2) is 27.2 Å². The maximum absolute atomic E-state index is 5.84. The maximum atomic E-state index is 5.84. The Morgan fingerprint density at radius 1 is 1.24 bits per heavy atom. The van der Waals surface area contributed by atoms with Gasteiger partial charge in [0.1, 0.15) is 12.0 Å². The molecule has 0 aliphatic heterocycles. The minimum absolute atomic E-state index is 0.354. The van der Waals surface area contributed by atoms with Crippen molar-refractivity contribution in [2.24, 2.45) is 0 Å². The monoisotopic (exact) mass is 347 g/mol. The molecule has 0 amide bonds. The van der Waals surface area contributed by atoms with Gasteiger partial charge in [-0.15, -0.1) is 0 Å². The van der Waals surface area contributed by atoms with Crippen LogP contribution in [0, 0.1) is 0 Å². The van der Waals surface area contributed by atoms with Crippen LogP contribution < -0.4 is 10.5 Å². The highest BCUT2D eigenvalue weighted by Crippen LogP contribution is 2.27. The molecular weight excluding hydrogens is 338 g/mol. The van der Waals surface area contributed by atoms with E-state index in [0.717, 1.165) is 10.0 Å². The average molecular weight is 348 g/mol. The van der Waals surface area contributed by atoms with Crippen LogP contribution in [0.4, 0.5) is 5.69 Å². The fourth-order valence-corrected chi connectivity index (χ4v) is 1.94. The van der Waals surface area contributed by atoms with Crippen LogP contribution in [-0.2, 0) is 0 Å². The molecule has 0 saturated carbocycles. The molecule has 106 valence electrons. The Morgan fingerprint density at radius 2 is 2.10 bits per heavy atom. The fraction of sp³-hybridized carbons (Fsp3) is 0.0769. The van der Waals surface area contributed by atoms with Crippen LogP contribution in [0.15, 0.2) is 39.6 Å². The molecule has 2 N–H and O–H groups in total. The summed E-state index contributed by atoms with van der Waals surface area (Å²) >= 11 is 3.34. The smallest absolute Gasteiger partial charge is 0.258 e. The second-order valence-corrected chi connectivity index (χ2v) is 4.96. The van der Waals surface area contributed by atoms with E-state index < -0.39 is 0 Å². The number of nitrogens with zero attached hydrogens (tertiary/aromatic N) is 4. The summed E-state index contributed by atoms with van der Waals surface area (Å²) < 4.78 is 11.1. The van der Waals surface area contributed by atoms with Crippen molar-refractivity contribution in [3.63, 3.8) is 0 Å². The molecule has 3 aromatic rings. The molecule has 0 bridgehead atoms. The van der Waals surface area contributed by atoms with Crippen molar-refractivity contribution >= 4 is 21.6 Å². The first-order valence-corrected chi connectivity index (χ1v) is 6.72. The SMILES string of the molecule is COc1cc(-c2noc(-c3ccc(Br)c(N)c3)n2)ncn1. The lowest BCUT2D eigenvalue weighted by Gasteiger charge is -1.99. The molecule has 2 aromatic heterocycles. The first-order chi connectivity index (χ1) is 10.2. The summed E-state index contributed by atoms with van der Waals surface area (Å²) in [6.07, 6.45) is 1.38. The van der Waals surface area contributed by atoms with E-state index in [1.165, 1.54) is 13.4 Å². The van der Waals surface area contributed by atoms with Gasteiger partial charge in [0.2, 0.25) is 11.7 Å². The highest BCUT2D eigenvalue weighted by molar-refractivity contribution is 9.10. The topological polar surface area (TPSA) is 100.0 Å². The van der Waals surface area contributed by atoms with Crippen LogP contribution >= 0.6 is 15.9 Å². The predicted molar refractivity (Wildman–Crippen MR) is 79.4 cm³/mol. The lowest BCUT2D eigenvalue weighted by atomic mass is 10.2. The van der Waals surface area contributed by atoms with Crippen molar-refractivity contribution in [1.82, 2.24) is 20.1 Å². The average Bonchev–Trinajstić information content (AvgIpc) is 3.00. The molecule has 0 unspecified atom stereocenters. The second-order valence-electron chi connectivity index (χ2n) is 4.11. The lowest BCUT2D eigenvalue weighted by Crippen LogP contribution is -1.92. The summed E-state index contributed by atoms with van der Waals surface area (Å²) in [6.45, 7) is 0. The normalized spacial score (nSPS) is 10.6. The van der Waals surface area contributed by atoms with Gasteiger partial charge in [0.15, 0.2) is 0 Å². The Balaban J connectivity index is 1.97. The van der Waals surface area contributed by atoms with Crippen LogP contribution in [0.5, 0.6) is 5.88 Å². The number of nitrogen functional groups attached to an aromatic ring is 1. The van der Waals surface area contributed by atoms with E-state index in [2.05, 4.69) is 36.0 Å². The molecule has 0 spiro atoms. The van der Waals surface area contributed by atoms with Crippen LogP contribution in [0.3, 0.4) is 0 Å². The lowest BCUT2D eigenvalue weighted by molar-refractivity contribution is 0.397. The number of benzene rings is 1. The Kier molecular flexibility index (Phi) is 3.53. The summed E-state index contributed by atoms with van der Waals surface area (Å²) in [7, 11) is 1.53. The Hall–Kier alpha value is -2.48. The van der Waals surface area contributed by atoms with Crippen molar-refractivity contribution in [2.75, 3.05) is 12.8 Å². The number of nitrogens with two attached hydrogens (primary N) is 1. The first-order valence-electron chi connectivity index (χ1n) is 5.93. The molecule has 2 heterocycles. The molecule has 21 heavy (non-hydrogen) atoms. The van der Waals surface area contributed by atoms with Crippen LogP contribution in [0.2, 0.25) is 0 Å². The van der Waals surface area contributed by atoms with E-state index in [-0.39, 0.29) is 0 Å². The van der Waals surface area contributed by atoms with Gasteiger partial charge < -0.3 is 15.0 Å². The molecule has 0 fully saturated rings. The molecule has 8 heteroatoms. The van der Waals surface area contributed by atoms with Crippen molar-refractivity contribution in [1.29, 1.82) is 0 Å². The highest BCUT2D eigenvalue weighted by Gasteiger charge is 2.13. The summed E-state index contributed by atoms with van der Waals surface area (Å²) in [4.78, 5) is 12.3. The zero-order valence-electron chi connectivity index (χ0n) is 10.9. The van der Waals surface area contributed by atoms with E-state index >= 15 is 0 Å². The molecule has 0 saturated heterocycles. The second kappa shape index (κ2) is 5.49. The van der Waals surface area contributed by atoms with Crippen LogP contribution in [0.1, 0.15) is 0 Å². The molecular formula is C13H10BrN5O2. The summed E-state index contributed by atoms with van der Waals surface area (Å²) in [5.74, 6) is 1.15. The molecule has 0 aliphatic rings. The van der Waals surface area contributed by atoms with Gasteiger partial charge in [-0.3, -0.25) is 0 Å². The molecule has 1 aromatic carbocycles. The zero-order valence-corrected chi connectivity index (χ0v) is 12.5. The minimum atomic E-state index is 0.354. The summed E-state index contributed by atoms with van der Waals surface area (Å²) in [5.41, 5.74) is 7.68. The number of rotatable bonds is 3. The van der Waals surface area contributed by atoms with Crippen molar-refractivity contribution in [2.45, 2.75) is 0 Å². The fourth-order valence-electron chi connectivity index (χ4n) is 1.69. The predicted octanol–water partition coefficient (Wildman–Crippen LogP) is 2.55. The van der Waals surface area contributed by atoms with Crippen molar-refractivity contribution in [3.8, 4) is 28.9 Å². The number of ether oxygens (including phenoxy) is 1. The third-order valence-electron chi connectivity index (χ3n) is 2.75. The van der Waals surface area contributed by atoms with Gasteiger partial charge in [0.05, 0.1) is 7.11 Å². The Bertz CT molecular complexity index is 790. The Morgan fingerprint density at radius 3 is 2.86 bits per heavy atom. The highest BCUT2D eigenvalue weighted by atomic mass is 79.9. The number of hydrogen-bond acceptors (Lipinski definition) is 7. The molecule has 3 rings (SSSR count). The third kappa shape index (κ3) is 2.70. The number of aromatic nitrogens is 4. The zero-order chi connectivity index (χ0) is 14.8. The molecule has 7 nitrogen and oxygen atoms in total. The number of halogens is 1. The standard InChI is InChI=1S/C13H10BrN5O2/c1-20-11-5-10(16-6-17-11)12-18-13(21-19-12)7-2-3-8(14)9(15)4-7/h2-6H,15H2,1H3. The van der Waals surface area contributed by atoms with Gasteiger partial charge in [-0.2, -0.15) is 4.98 Å². The van der Waals surface area contributed by atoms with Crippen LogP contribution in [0.25, 0.3) is 23.0 Å². The third-order valence-corrected chi connectivity index (χ3v) is 3.47. The number of anilines is 1.